The lowest BCUT2D eigenvalue weighted by Gasteiger charge is -2.32. The van der Waals surface area contributed by atoms with Gasteiger partial charge in [-0.3, -0.25) is 0 Å². The molecule has 0 amide bonds. The lowest BCUT2D eigenvalue weighted by molar-refractivity contribution is 0.297. The van der Waals surface area contributed by atoms with E-state index in [0.29, 0.717) is 5.54 Å². The molecule has 14 heavy (non-hydrogen) atoms. The number of rotatable bonds is 3. The van der Waals surface area contributed by atoms with Gasteiger partial charge in [-0.2, -0.15) is 0 Å². The summed E-state index contributed by atoms with van der Waals surface area (Å²) in [6.45, 7) is 5.40. The second kappa shape index (κ2) is 6.09. The molecule has 1 nitrogen and oxygen atoms in total. The predicted octanol–water partition coefficient (Wildman–Crippen LogP) is 3.10. The summed E-state index contributed by atoms with van der Waals surface area (Å²) in [4.78, 5) is 0. The molecule has 1 fully saturated rings. The second-order valence-electron chi connectivity index (χ2n) is 4.37. The van der Waals surface area contributed by atoms with E-state index in [2.05, 4.69) is 24.1 Å². The van der Waals surface area contributed by atoms with Gasteiger partial charge in [0.25, 0.3) is 0 Å². The van der Waals surface area contributed by atoms with E-state index in [-0.39, 0.29) is 0 Å². The molecule has 1 atom stereocenters. The van der Waals surface area contributed by atoms with Crippen molar-refractivity contribution in [2.24, 2.45) is 0 Å². The smallest absolute Gasteiger partial charge is 0.0290 e. The minimum absolute atomic E-state index is 0.342. The molecule has 1 unspecified atom stereocenters. The highest BCUT2D eigenvalue weighted by Gasteiger charge is 2.28. The third-order valence-corrected chi connectivity index (χ3v) is 3.16. The maximum Gasteiger partial charge on any atom is 0.0290 e. The van der Waals surface area contributed by atoms with Gasteiger partial charge >= 0.3 is 0 Å². The van der Waals surface area contributed by atoms with Crippen LogP contribution in [0.15, 0.2) is 0 Å². The molecule has 1 N–H and O–H groups in total. The molecule has 0 radical (unpaired) electrons. The van der Waals surface area contributed by atoms with E-state index in [1.54, 1.807) is 0 Å². The molecule has 80 valence electrons. The highest BCUT2D eigenvalue weighted by molar-refractivity contribution is 5.05. The van der Waals surface area contributed by atoms with Crippen molar-refractivity contribution in [2.75, 3.05) is 6.54 Å². The number of hydrogen-bond acceptors (Lipinski definition) is 1. The first-order chi connectivity index (χ1) is 6.83. The molecule has 1 saturated heterocycles. The molecule has 1 aliphatic heterocycles. The molecule has 0 bridgehead atoms. The first-order valence-corrected chi connectivity index (χ1v) is 5.97. The fourth-order valence-corrected chi connectivity index (χ4v) is 2.40. The van der Waals surface area contributed by atoms with Gasteiger partial charge in [0.2, 0.25) is 0 Å². The van der Waals surface area contributed by atoms with Crippen LogP contribution in [0.1, 0.15) is 58.8 Å². The average Bonchev–Trinajstić information content (AvgIpc) is 2.42. The van der Waals surface area contributed by atoms with Crippen LogP contribution in [-0.4, -0.2) is 12.1 Å². The Bertz CT molecular complexity index is 201. The molecule has 0 aromatic carbocycles. The normalized spacial score (nSPS) is 27.6. The molecule has 1 heterocycles. The van der Waals surface area contributed by atoms with E-state index in [9.17, 15) is 0 Å². The van der Waals surface area contributed by atoms with E-state index in [4.69, 9.17) is 0 Å². The van der Waals surface area contributed by atoms with Crippen LogP contribution in [0.4, 0.5) is 0 Å². The van der Waals surface area contributed by atoms with Crippen molar-refractivity contribution in [3.05, 3.63) is 0 Å². The zero-order chi connectivity index (χ0) is 10.3. The van der Waals surface area contributed by atoms with Gasteiger partial charge in [0.1, 0.15) is 0 Å². The third-order valence-electron chi connectivity index (χ3n) is 3.16. The van der Waals surface area contributed by atoms with Crippen molar-refractivity contribution in [3.63, 3.8) is 0 Å². The lowest BCUT2D eigenvalue weighted by Crippen LogP contribution is -2.44. The SMILES string of the molecule is CC#CCC1(CCC)CCCCCN1. The summed E-state index contributed by atoms with van der Waals surface area (Å²) in [5.41, 5.74) is 0.342. The Balaban J connectivity index is 2.59. The quantitative estimate of drug-likeness (QED) is 0.679. The maximum absolute atomic E-state index is 3.73. The molecule has 1 aliphatic rings. The van der Waals surface area contributed by atoms with Crippen molar-refractivity contribution in [1.29, 1.82) is 0 Å². The average molecular weight is 193 g/mol. The van der Waals surface area contributed by atoms with E-state index < -0.39 is 0 Å². The zero-order valence-corrected chi connectivity index (χ0v) is 9.66. The van der Waals surface area contributed by atoms with Gasteiger partial charge in [-0.05, 0) is 32.7 Å². The van der Waals surface area contributed by atoms with E-state index in [1.165, 1.54) is 45.1 Å². The summed E-state index contributed by atoms with van der Waals surface area (Å²) >= 11 is 0. The molecule has 1 rings (SSSR count). The first-order valence-electron chi connectivity index (χ1n) is 5.97. The minimum atomic E-state index is 0.342. The Morgan fingerprint density at radius 1 is 1.29 bits per heavy atom. The van der Waals surface area contributed by atoms with Crippen LogP contribution < -0.4 is 5.32 Å². The van der Waals surface area contributed by atoms with Crippen LogP contribution in [-0.2, 0) is 0 Å². The minimum Gasteiger partial charge on any atom is -0.310 e. The van der Waals surface area contributed by atoms with Gasteiger partial charge in [-0.25, -0.2) is 0 Å². The Morgan fingerprint density at radius 2 is 2.14 bits per heavy atom. The summed E-state index contributed by atoms with van der Waals surface area (Å²) in [5.74, 6) is 6.29. The van der Waals surface area contributed by atoms with Crippen LogP contribution in [0.2, 0.25) is 0 Å². The van der Waals surface area contributed by atoms with Gasteiger partial charge in [-0.15, -0.1) is 11.8 Å². The maximum atomic E-state index is 3.73. The predicted molar refractivity (Wildman–Crippen MR) is 62.2 cm³/mol. The van der Waals surface area contributed by atoms with Gasteiger partial charge < -0.3 is 5.32 Å². The number of nitrogens with one attached hydrogen (secondary N) is 1. The second-order valence-corrected chi connectivity index (χ2v) is 4.37. The van der Waals surface area contributed by atoms with Crippen molar-refractivity contribution in [1.82, 2.24) is 5.32 Å². The largest absolute Gasteiger partial charge is 0.310 e. The van der Waals surface area contributed by atoms with Gasteiger partial charge in [-0.1, -0.05) is 26.2 Å². The van der Waals surface area contributed by atoms with Crippen LogP contribution in [0.25, 0.3) is 0 Å². The fourth-order valence-electron chi connectivity index (χ4n) is 2.40. The summed E-state index contributed by atoms with van der Waals surface area (Å²) < 4.78 is 0. The zero-order valence-electron chi connectivity index (χ0n) is 9.66. The van der Waals surface area contributed by atoms with Gasteiger partial charge in [0.15, 0.2) is 0 Å². The Labute approximate surface area is 88.7 Å². The van der Waals surface area contributed by atoms with Crippen LogP contribution in [0.3, 0.4) is 0 Å². The molecule has 0 spiro atoms. The molecule has 0 aromatic heterocycles. The van der Waals surface area contributed by atoms with Crippen LogP contribution in [0, 0.1) is 11.8 Å². The molecule has 1 heteroatoms. The summed E-state index contributed by atoms with van der Waals surface area (Å²) in [6, 6.07) is 0. The Morgan fingerprint density at radius 3 is 2.86 bits per heavy atom. The molecule has 0 aromatic rings. The lowest BCUT2D eigenvalue weighted by atomic mass is 9.86. The van der Waals surface area contributed by atoms with Crippen molar-refractivity contribution in [2.45, 2.75) is 64.3 Å². The van der Waals surface area contributed by atoms with Crippen molar-refractivity contribution in [3.8, 4) is 11.8 Å². The summed E-state index contributed by atoms with van der Waals surface area (Å²) in [6.07, 6.45) is 8.99. The summed E-state index contributed by atoms with van der Waals surface area (Å²) in [5, 5.41) is 3.73. The molecule has 0 saturated carbocycles. The van der Waals surface area contributed by atoms with Crippen molar-refractivity contribution < 1.29 is 0 Å². The van der Waals surface area contributed by atoms with Gasteiger partial charge in [0.05, 0.1) is 0 Å². The monoisotopic (exact) mass is 193 g/mol. The van der Waals surface area contributed by atoms with Crippen LogP contribution >= 0.6 is 0 Å². The molecular formula is C13H23N. The van der Waals surface area contributed by atoms with E-state index >= 15 is 0 Å². The molecule has 0 aliphatic carbocycles. The first kappa shape index (κ1) is 11.6. The summed E-state index contributed by atoms with van der Waals surface area (Å²) in [7, 11) is 0. The third kappa shape index (κ3) is 3.35. The Hall–Kier alpha value is -0.480. The van der Waals surface area contributed by atoms with Crippen LogP contribution in [0.5, 0.6) is 0 Å². The highest BCUT2D eigenvalue weighted by Crippen LogP contribution is 2.26. The van der Waals surface area contributed by atoms with Gasteiger partial charge in [0, 0.05) is 12.0 Å². The topological polar surface area (TPSA) is 12.0 Å². The standard InChI is InChI=1S/C13H23N/c1-3-5-10-13(9-4-2)11-7-6-8-12-14-13/h14H,4,6-12H2,1-2H3. The van der Waals surface area contributed by atoms with Crippen molar-refractivity contribution >= 4 is 0 Å². The van der Waals surface area contributed by atoms with E-state index in [1.807, 2.05) is 6.92 Å². The highest BCUT2D eigenvalue weighted by atomic mass is 15.0. The van der Waals surface area contributed by atoms with E-state index in [0.717, 1.165) is 6.42 Å². The molecular weight excluding hydrogens is 170 g/mol. The number of hydrogen-bond donors (Lipinski definition) is 1. The Kier molecular flexibility index (Phi) is 5.04. The fraction of sp³-hybridized carbons (Fsp3) is 0.846.